The first-order valence-corrected chi connectivity index (χ1v) is 14.0. The molecule has 0 saturated carbocycles. The highest BCUT2D eigenvalue weighted by Gasteiger charge is 2.49. The van der Waals surface area contributed by atoms with Crippen LogP contribution in [0.2, 0.25) is 0 Å². The minimum absolute atomic E-state index is 0.159. The van der Waals surface area contributed by atoms with Gasteiger partial charge in [0, 0.05) is 50.9 Å². The Morgan fingerprint density at radius 2 is 0.762 bits per heavy atom. The predicted molar refractivity (Wildman–Crippen MR) is 173 cm³/mol. The van der Waals surface area contributed by atoms with Crippen molar-refractivity contribution in [2.75, 3.05) is 47.8 Å². The average molecular weight is 555 g/mol. The molecular formula is C36H34N4O2. The molecule has 0 radical (unpaired) electrons. The van der Waals surface area contributed by atoms with E-state index in [1.165, 1.54) is 0 Å². The third-order valence-electron chi connectivity index (χ3n) is 7.91. The van der Waals surface area contributed by atoms with E-state index in [1.807, 2.05) is 149 Å². The van der Waals surface area contributed by atoms with E-state index in [2.05, 4.69) is 0 Å². The van der Waals surface area contributed by atoms with Gasteiger partial charge in [-0.05, 0) is 73.5 Å². The molecule has 0 unspecified atom stereocenters. The largest absolute Gasteiger partial charge is 0.378 e. The molecule has 0 aromatic heterocycles. The van der Waals surface area contributed by atoms with E-state index < -0.39 is 0 Å². The molecule has 0 aliphatic carbocycles. The number of benzene rings is 4. The number of anilines is 4. The van der Waals surface area contributed by atoms with Crippen LogP contribution < -0.4 is 19.6 Å². The van der Waals surface area contributed by atoms with Crippen molar-refractivity contribution in [3.05, 3.63) is 131 Å². The van der Waals surface area contributed by atoms with E-state index >= 15 is 0 Å². The van der Waals surface area contributed by atoms with E-state index in [1.54, 1.807) is 9.80 Å². The van der Waals surface area contributed by atoms with Crippen LogP contribution in [0, 0.1) is 13.8 Å². The molecule has 2 aliphatic rings. The summed E-state index contributed by atoms with van der Waals surface area (Å²) in [5, 5.41) is 0. The lowest BCUT2D eigenvalue weighted by atomic mass is 10.0. The van der Waals surface area contributed by atoms with Crippen molar-refractivity contribution < 1.29 is 9.59 Å². The van der Waals surface area contributed by atoms with Crippen LogP contribution in [-0.2, 0) is 9.59 Å². The minimum Gasteiger partial charge on any atom is -0.378 e. The number of rotatable bonds is 6. The number of amides is 2. The van der Waals surface area contributed by atoms with Gasteiger partial charge in [-0.2, -0.15) is 0 Å². The molecule has 0 N–H and O–H groups in total. The number of carbonyl (C=O) groups excluding carboxylic acids is 2. The average Bonchev–Trinajstić information content (AvgIpc) is 3.42. The Bertz CT molecular complexity index is 1610. The molecule has 0 atom stereocenters. The van der Waals surface area contributed by atoms with Gasteiger partial charge in [0.05, 0.1) is 22.5 Å². The van der Waals surface area contributed by atoms with Gasteiger partial charge in [-0.3, -0.25) is 19.4 Å². The second-order valence-corrected chi connectivity index (χ2v) is 11.3. The molecule has 0 bridgehead atoms. The minimum atomic E-state index is -0.159. The zero-order valence-corrected chi connectivity index (χ0v) is 24.8. The summed E-state index contributed by atoms with van der Waals surface area (Å²) >= 11 is 0. The highest BCUT2D eigenvalue weighted by molar-refractivity contribution is 6.43. The van der Waals surface area contributed by atoms with E-state index in [-0.39, 0.29) is 11.8 Å². The first-order chi connectivity index (χ1) is 20.2. The maximum atomic E-state index is 14.6. The van der Waals surface area contributed by atoms with Crippen molar-refractivity contribution in [1.82, 2.24) is 0 Å². The van der Waals surface area contributed by atoms with Gasteiger partial charge in [-0.25, -0.2) is 0 Å². The van der Waals surface area contributed by atoms with Gasteiger partial charge in [-0.15, -0.1) is 0 Å². The Kier molecular flexibility index (Phi) is 6.70. The second-order valence-electron chi connectivity index (χ2n) is 11.3. The van der Waals surface area contributed by atoms with Gasteiger partial charge in [0.25, 0.3) is 11.8 Å². The SMILES string of the molecule is Cc1ccc(N2C(=O)C(c3ccc(N(C)C)cc3)=C3C2=C(c2ccc(N(C)C)cc2)C(=O)N3c2ccc(C)cc2)cc1. The first-order valence-electron chi connectivity index (χ1n) is 14.0. The molecule has 0 spiro atoms. The maximum Gasteiger partial charge on any atom is 0.265 e. The number of hydrogen-bond donors (Lipinski definition) is 0. The summed E-state index contributed by atoms with van der Waals surface area (Å²) in [5.74, 6) is -0.318. The van der Waals surface area contributed by atoms with Crippen molar-refractivity contribution in [2.24, 2.45) is 0 Å². The number of hydrogen-bond acceptors (Lipinski definition) is 4. The summed E-state index contributed by atoms with van der Waals surface area (Å²) in [4.78, 5) is 36.6. The van der Waals surface area contributed by atoms with Gasteiger partial charge in [0.1, 0.15) is 0 Å². The Morgan fingerprint density at radius 1 is 0.452 bits per heavy atom. The molecule has 6 nitrogen and oxygen atoms in total. The Labute approximate surface area is 247 Å². The number of fused-ring (bicyclic) bond motifs is 1. The second kappa shape index (κ2) is 10.4. The molecule has 4 aromatic rings. The number of aryl methyl sites for hydroxylation is 2. The van der Waals surface area contributed by atoms with Gasteiger partial charge < -0.3 is 9.80 Å². The number of carbonyl (C=O) groups is 2. The fraction of sp³-hybridized carbons (Fsp3) is 0.167. The summed E-state index contributed by atoms with van der Waals surface area (Å²) < 4.78 is 0. The van der Waals surface area contributed by atoms with Crippen LogP contribution in [0.1, 0.15) is 22.3 Å². The van der Waals surface area contributed by atoms with Crippen molar-refractivity contribution in [2.45, 2.75) is 13.8 Å². The number of nitrogens with zero attached hydrogens (tertiary/aromatic N) is 4. The Hall–Kier alpha value is -5.10. The zero-order valence-electron chi connectivity index (χ0n) is 24.8. The highest BCUT2D eigenvalue weighted by Crippen LogP contribution is 2.50. The molecule has 2 aliphatic heterocycles. The summed E-state index contributed by atoms with van der Waals surface area (Å²) in [6.45, 7) is 4.04. The molecular weight excluding hydrogens is 520 g/mol. The maximum absolute atomic E-state index is 14.6. The van der Waals surface area contributed by atoms with Gasteiger partial charge in [0.2, 0.25) is 0 Å². The molecule has 2 heterocycles. The summed E-state index contributed by atoms with van der Waals surface area (Å²) in [6.07, 6.45) is 0. The molecule has 210 valence electrons. The molecule has 0 saturated heterocycles. The molecule has 42 heavy (non-hydrogen) atoms. The fourth-order valence-corrected chi connectivity index (χ4v) is 5.55. The molecule has 0 fully saturated rings. The quantitative estimate of drug-likeness (QED) is 0.268. The Balaban J connectivity index is 1.65. The van der Waals surface area contributed by atoms with Crippen LogP contribution in [0.3, 0.4) is 0 Å². The lowest BCUT2D eigenvalue weighted by Gasteiger charge is -2.20. The van der Waals surface area contributed by atoms with E-state index in [0.29, 0.717) is 22.5 Å². The molecule has 4 aromatic carbocycles. The summed E-state index contributed by atoms with van der Waals surface area (Å²) in [7, 11) is 7.95. The van der Waals surface area contributed by atoms with Crippen LogP contribution in [0.25, 0.3) is 11.1 Å². The van der Waals surface area contributed by atoms with Crippen LogP contribution in [0.15, 0.2) is 108 Å². The van der Waals surface area contributed by atoms with Gasteiger partial charge in [0.15, 0.2) is 0 Å². The standard InChI is InChI=1S/C36H34N4O2/c1-23-7-15-29(16-8-23)39-33-31(25-11-19-27(20-12-25)37(3)4)36(42)40(30-17-9-24(2)10-18-30)34(33)32(35(39)41)26-13-21-28(22-14-26)38(5)6/h7-22H,1-6H3. The normalized spacial score (nSPS) is 14.7. The van der Waals surface area contributed by atoms with Crippen molar-refractivity contribution in [1.29, 1.82) is 0 Å². The molecule has 2 amide bonds. The van der Waals surface area contributed by atoms with Crippen LogP contribution in [0.5, 0.6) is 0 Å². The molecule has 6 rings (SSSR count). The summed E-state index contributed by atoms with van der Waals surface area (Å²) in [6, 6.07) is 31.6. The smallest absolute Gasteiger partial charge is 0.265 e. The fourth-order valence-electron chi connectivity index (χ4n) is 5.55. The topological polar surface area (TPSA) is 47.1 Å². The van der Waals surface area contributed by atoms with Crippen LogP contribution in [-0.4, -0.2) is 40.0 Å². The predicted octanol–water partition coefficient (Wildman–Crippen LogP) is 6.65. The van der Waals surface area contributed by atoms with Crippen LogP contribution >= 0.6 is 0 Å². The van der Waals surface area contributed by atoms with Crippen molar-refractivity contribution in [3.63, 3.8) is 0 Å². The van der Waals surface area contributed by atoms with E-state index in [0.717, 1.165) is 45.0 Å². The Morgan fingerprint density at radius 3 is 1.05 bits per heavy atom. The van der Waals surface area contributed by atoms with E-state index in [4.69, 9.17) is 0 Å². The van der Waals surface area contributed by atoms with Crippen LogP contribution in [0.4, 0.5) is 22.7 Å². The van der Waals surface area contributed by atoms with Crippen molar-refractivity contribution >= 4 is 45.7 Å². The van der Waals surface area contributed by atoms with Crippen molar-refractivity contribution in [3.8, 4) is 0 Å². The van der Waals surface area contributed by atoms with E-state index in [9.17, 15) is 9.59 Å². The third kappa shape index (κ3) is 4.45. The van der Waals surface area contributed by atoms with Gasteiger partial charge in [-0.1, -0.05) is 59.7 Å². The third-order valence-corrected chi connectivity index (χ3v) is 7.91. The lowest BCUT2D eigenvalue weighted by Crippen LogP contribution is -2.27. The monoisotopic (exact) mass is 554 g/mol. The van der Waals surface area contributed by atoms with Gasteiger partial charge >= 0.3 is 0 Å². The summed E-state index contributed by atoms with van der Waals surface area (Å²) in [5.41, 5.74) is 9.44. The molecule has 6 heteroatoms. The highest BCUT2D eigenvalue weighted by atomic mass is 16.2. The lowest BCUT2D eigenvalue weighted by molar-refractivity contribution is -0.112. The zero-order chi connectivity index (χ0) is 29.7. The first kappa shape index (κ1) is 27.1.